The lowest BCUT2D eigenvalue weighted by Crippen LogP contribution is -2.49. The fourth-order valence-corrected chi connectivity index (χ4v) is 2.48. The topological polar surface area (TPSA) is 64.9 Å². The highest BCUT2D eigenvalue weighted by Gasteiger charge is 2.34. The van der Waals surface area contributed by atoms with Gasteiger partial charge in [0.05, 0.1) is 22.7 Å². The zero-order valence-corrected chi connectivity index (χ0v) is 15.5. The average Bonchev–Trinajstić information content (AvgIpc) is 2.62. The Morgan fingerprint density at radius 1 is 1.18 bits per heavy atom. The molecule has 0 radical (unpaired) electrons. The number of rotatable bonds is 5. The predicted molar refractivity (Wildman–Crippen MR) is 96.8 cm³/mol. The maximum absolute atomic E-state index is 14.1. The van der Waals surface area contributed by atoms with E-state index in [4.69, 9.17) is 5.26 Å². The summed E-state index contributed by atoms with van der Waals surface area (Å²) in [6.45, 7) is 4.75. The highest BCUT2D eigenvalue weighted by atomic mass is 19.4. The average molecular weight is 393 g/mol. The van der Waals surface area contributed by atoms with Gasteiger partial charge in [0.2, 0.25) is 5.91 Å². The van der Waals surface area contributed by atoms with Gasteiger partial charge in [-0.2, -0.15) is 18.4 Å². The van der Waals surface area contributed by atoms with Gasteiger partial charge in [0.1, 0.15) is 5.82 Å². The highest BCUT2D eigenvalue weighted by molar-refractivity contribution is 5.97. The first kappa shape index (κ1) is 21.4. The summed E-state index contributed by atoms with van der Waals surface area (Å²) in [4.78, 5) is 12.5. The number of anilines is 1. The molecule has 0 unspecified atom stereocenters. The zero-order chi connectivity index (χ0) is 21.1. The molecule has 0 saturated heterocycles. The molecule has 0 fully saturated rings. The van der Waals surface area contributed by atoms with E-state index in [-0.39, 0.29) is 18.0 Å². The quantitative estimate of drug-likeness (QED) is 0.734. The van der Waals surface area contributed by atoms with Gasteiger partial charge in [-0.3, -0.25) is 10.1 Å². The van der Waals surface area contributed by atoms with Crippen molar-refractivity contribution in [3.63, 3.8) is 0 Å². The van der Waals surface area contributed by atoms with Crippen molar-refractivity contribution in [1.29, 1.82) is 5.26 Å². The van der Waals surface area contributed by atoms with Crippen LogP contribution < -0.4 is 10.6 Å². The first-order valence-electron chi connectivity index (χ1n) is 8.37. The number of carbonyl (C=O) groups is 1. The number of nitrogens with one attached hydrogen (secondary N) is 2. The van der Waals surface area contributed by atoms with Crippen molar-refractivity contribution in [2.24, 2.45) is 0 Å². The van der Waals surface area contributed by atoms with Crippen molar-refractivity contribution in [1.82, 2.24) is 5.32 Å². The second-order valence-corrected chi connectivity index (χ2v) is 6.85. The maximum Gasteiger partial charge on any atom is 0.417 e. The van der Waals surface area contributed by atoms with Crippen molar-refractivity contribution in [2.75, 3.05) is 5.32 Å². The van der Waals surface area contributed by atoms with E-state index in [2.05, 4.69) is 10.6 Å². The molecule has 2 aromatic rings. The number of nitriles is 1. The van der Waals surface area contributed by atoms with Crippen molar-refractivity contribution >= 4 is 11.6 Å². The number of amides is 1. The summed E-state index contributed by atoms with van der Waals surface area (Å²) >= 11 is 0. The molecule has 0 heterocycles. The molecule has 0 saturated carbocycles. The summed E-state index contributed by atoms with van der Waals surface area (Å²) in [6.07, 6.45) is -4.72. The second kappa shape index (κ2) is 7.98. The Hall–Kier alpha value is -2.92. The summed E-state index contributed by atoms with van der Waals surface area (Å²) in [7, 11) is 0. The van der Waals surface area contributed by atoms with Crippen LogP contribution in [0, 0.1) is 24.1 Å². The first-order valence-corrected chi connectivity index (χ1v) is 8.37. The number of alkyl halides is 3. The van der Waals surface area contributed by atoms with Crippen LogP contribution in [0.4, 0.5) is 23.2 Å². The van der Waals surface area contributed by atoms with Crippen molar-refractivity contribution in [3.8, 4) is 6.07 Å². The lowest BCUT2D eigenvalue weighted by atomic mass is 10.0. The van der Waals surface area contributed by atoms with Gasteiger partial charge in [0.25, 0.3) is 0 Å². The van der Waals surface area contributed by atoms with E-state index in [1.807, 2.05) is 0 Å². The van der Waals surface area contributed by atoms with Crippen LogP contribution in [-0.4, -0.2) is 11.4 Å². The third-order valence-electron chi connectivity index (χ3n) is 4.26. The van der Waals surface area contributed by atoms with Gasteiger partial charge < -0.3 is 5.32 Å². The third-order valence-corrected chi connectivity index (χ3v) is 4.26. The molecule has 0 spiro atoms. The molecule has 2 aromatic carbocycles. The minimum absolute atomic E-state index is 0.0646. The Bertz CT molecular complexity index is 930. The Balaban J connectivity index is 2.15. The van der Waals surface area contributed by atoms with Crippen molar-refractivity contribution in [2.45, 2.75) is 39.0 Å². The van der Waals surface area contributed by atoms with Crippen molar-refractivity contribution in [3.05, 3.63) is 64.5 Å². The van der Waals surface area contributed by atoms with Gasteiger partial charge in [0.15, 0.2) is 0 Å². The van der Waals surface area contributed by atoms with E-state index in [0.717, 1.165) is 6.07 Å². The molecule has 0 aliphatic heterocycles. The number of carbonyl (C=O) groups excluding carboxylic acids is 1. The Kier molecular flexibility index (Phi) is 6.10. The van der Waals surface area contributed by atoms with Crippen LogP contribution in [0.2, 0.25) is 0 Å². The van der Waals surface area contributed by atoms with Crippen LogP contribution >= 0.6 is 0 Å². The van der Waals surface area contributed by atoms with Crippen LogP contribution in [-0.2, 0) is 17.5 Å². The third kappa shape index (κ3) is 4.87. The zero-order valence-electron chi connectivity index (χ0n) is 15.5. The SMILES string of the molecule is Cc1cccc(CNC(C)(C)C(=O)Nc2ccc(C#N)c(C(F)(F)F)c2)c1F. The summed E-state index contributed by atoms with van der Waals surface area (Å²) in [6, 6.07) is 9.32. The molecular weight excluding hydrogens is 374 g/mol. The number of hydrogen-bond donors (Lipinski definition) is 2. The monoisotopic (exact) mass is 393 g/mol. The van der Waals surface area contributed by atoms with E-state index >= 15 is 0 Å². The maximum atomic E-state index is 14.1. The van der Waals surface area contributed by atoms with Gasteiger partial charge in [0, 0.05) is 17.8 Å². The molecular formula is C20H19F4N3O. The Labute approximate surface area is 160 Å². The molecule has 28 heavy (non-hydrogen) atoms. The molecule has 0 bridgehead atoms. The van der Waals surface area contributed by atoms with Crippen LogP contribution in [0.25, 0.3) is 0 Å². The fourth-order valence-electron chi connectivity index (χ4n) is 2.48. The molecule has 2 rings (SSSR count). The normalized spacial score (nSPS) is 11.8. The summed E-state index contributed by atoms with van der Waals surface area (Å²) in [5.74, 6) is -0.980. The number of halogens is 4. The minimum Gasteiger partial charge on any atom is -0.324 e. The molecule has 0 atom stereocenters. The van der Waals surface area contributed by atoms with Gasteiger partial charge in [-0.1, -0.05) is 18.2 Å². The van der Waals surface area contributed by atoms with Crippen LogP contribution in [0.3, 0.4) is 0 Å². The smallest absolute Gasteiger partial charge is 0.324 e. The van der Waals surface area contributed by atoms with E-state index < -0.39 is 28.7 Å². The minimum atomic E-state index is -4.72. The molecule has 8 heteroatoms. The first-order chi connectivity index (χ1) is 13.0. The molecule has 0 aromatic heterocycles. The molecule has 0 aliphatic rings. The fraction of sp³-hybridized carbons (Fsp3) is 0.300. The molecule has 148 valence electrons. The summed E-state index contributed by atoms with van der Waals surface area (Å²) in [5.41, 5.74) is -2.09. The van der Waals surface area contributed by atoms with Crippen LogP contribution in [0.15, 0.2) is 36.4 Å². The van der Waals surface area contributed by atoms with Gasteiger partial charge in [-0.25, -0.2) is 4.39 Å². The molecule has 1 amide bonds. The van der Waals surface area contributed by atoms with E-state index in [1.165, 1.54) is 26.0 Å². The predicted octanol–water partition coefficient (Wildman–Crippen LogP) is 4.53. The Morgan fingerprint density at radius 2 is 1.86 bits per heavy atom. The van der Waals surface area contributed by atoms with Crippen LogP contribution in [0.1, 0.15) is 36.1 Å². The number of benzene rings is 2. The molecule has 2 N–H and O–H groups in total. The summed E-state index contributed by atoms with van der Waals surface area (Å²) in [5, 5.41) is 14.1. The van der Waals surface area contributed by atoms with E-state index in [1.54, 1.807) is 25.1 Å². The van der Waals surface area contributed by atoms with Crippen LogP contribution in [0.5, 0.6) is 0 Å². The van der Waals surface area contributed by atoms with Gasteiger partial charge >= 0.3 is 6.18 Å². The van der Waals surface area contributed by atoms with E-state index in [0.29, 0.717) is 17.2 Å². The highest BCUT2D eigenvalue weighted by Crippen LogP contribution is 2.33. The Morgan fingerprint density at radius 3 is 2.46 bits per heavy atom. The van der Waals surface area contributed by atoms with Crippen molar-refractivity contribution < 1.29 is 22.4 Å². The number of hydrogen-bond acceptors (Lipinski definition) is 3. The largest absolute Gasteiger partial charge is 0.417 e. The lowest BCUT2D eigenvalue weighted by Gasteiger charge is -2.26. The molecule has 0 aliphatic carbocycles. The summed E-state index contributed by atoms with van der Waals surface area (Å²) < 4.78 is 53.2. The standard InChI is InChI=1S/C20H19F4N3O/c1-12-5-4-6-14(17(12)21)11-26-19(2,3)18(28)27-15-8-7-13(10-25)16(9-15)20(22,23)24/h4-9,26H,11H2,1-3H3,(H,27,28). The van der Waals surface area contributed by atoms with Gasteiger partial charge in [-0.05, 0) is 44.5 Å². The number of aryl methyl sites for hydroxylation is 1. The molecule has 4 nitrogen and oxygen atoms in total. The number of nitrogens with zero attached hydrogens (tertiary/aromatic N) is 1. The van der Waals surface area contributed by atoms with E-state index in [9.17, 15) is 22.4 Å². The second-order valence-electron chi connectivity index (χ2n) is 6.85. The lowest BCUT2D eigenvalue weighted by molar-refractivity contribution is -0.137. The van der Waals surface area contributed by atoms with Gasteiger partial charge in [-0.15, -0.1) is 0 Å².